The summed E-state index contributed by atoms with van der Waals surface area (Å²) in [4.78, 5) is 10.7. The van der Waals surface area contributed by atoms with Gasteiger partial charge in [0, 0.05) is 12.1 Å². The molecule has 0 aliphatic carbocycles. The zero-order chi connectivity index (χ0) is 10.5. The molecule has 0 saturated heterocycles. The summed E-state index contributed by atoms with van der Waals surface area (Å²) in [5.74, 6) is -0.386. The minimum Gasteiger partial charge on any atom is -0.469 e. The van der Waals surface area contributed by atoms with Crippen LogP contribution in [0, 0.1) is 0 Å². The first-order valence-corrected chi connectivity index (χ1v) is 4.35. The van der Waals surface area contributed by atoms with E-state index in [0.717, 1.165) is 0 Å². The normalized spacial score (nSPS) is 13.9. The molecule has 0 radical (unpaired) electrons. The van der Waals surface area contributed by atoms with Crippen molar-refractivity contribution < 1.29 is 14.6 Å². The van der Waals surface area contributed by atoms with Gasteiger partial charge in [-0.1, -0.05) is 0 Å². The summed E-state index contributed by atoms with van der Waals surface area (Å²) in [7, 11) is 1.31. The van der Waals surface area contributed by atoms with E-state index in [-0.39, 0.29) is 17.9 Å². The molecule has 4 heteroatoms. The lowest BCUT2D eigenvalue weighted by Crippen LogP contribution is -2.41. The maximum Gasteiger partial charge on any atom is 0.308 e. The molecular formula is C9H19NO3. The van der Waals surface area contributed by atoms with Gasteiger partial charge in [-0.05, 0) is 20.8 Å². The largest absolute Gasteiger partial charge is 0.469 e. The van der Waals surface area contributed by atoms with E-state index in [0.29, 0.717) is 6.54 Å². The summed E-state index contributed by atoms with van der Waals surface area (Å²) in [6, 6.07) is 0. The molecule has 0 aliphatic heterocycles. The Labute approximate surface area is 79.3 Å². The summed E-state index contributed by atoms with van der Waals surface area (Å²) in [6.07, 6.45) is -0.633. The fourth-order valence-electron chi connectivity index (χ4n) is 0.772. The summed E-state index contributed by atoms with van der Waals surface area (Å²) in [6.45, 7) is 6.40. The van der Waals surface area contributed by atoms with E-state index in [1.165, 1.54) is 7.11 Å². The van der Waals surface area contributed by atoms with Crippen LogP contribution in [0.5, 0.6) is 0 Å². The monoisotopic (exact) mass is 189 g/mol. The molecule has 1 atom stereocenters. The lowest BCUT2D eigenvalue weighted by Gasteiger charge is -2.22. The number of ether oxygens (including phenoxy) is 1. The molecule has 78 valence electrons. The molecule has 0 aliphatic rings. The van der Waals surface area contributed by atoms with Crippen molar-refractivity contribution in [2.24, 2.45) is 0 Å². The Morgan fingerprint density at radius 2 is 2.08 bits per heavy atom. The van der Waals surface area contributed by atoms with Gasteiger partial charge in [0.05, 0.1) is 19.6 Å². The minimum absolute atomic E-state index is 0.0413. The van der Waals surface area contributed by atoms with Gasteiger partial charge in [-0.15, -0.1) is 0 Å². The van der Waals surface area contributed by atoms with Crippen LogP contribution in [0.3, 0.4) is 0 Å². The number of esters is 1. The van der Waals surface area contributed by atoms with E-state index in [1.807, 2.05) is 20.8 Å². The van der Waals surface area contributed by atoms with E-state index in [1.54, 1.807) is 0 Å². The second-order valence-electron chi connectivity index (χ2n) is 4.06. The predicted molar refractivity (Wildman–Crippen MR) is 50.4 cm³/mol. The second kappa shape index (κ2) is 5.19. The van der Waals surface area contributed by atoms with Crippen LogP contribution in [0.2, 0.25) is 0 Å². The molecule has 0 aromatic heterocycles. The highest BCUT2D eigenvalue weighted by Gasteiger charge is 2.14. The molecule has 0 amide bonds. The average Bonchev–Trinajstić information content (AvgIpc) is 1.99. The fourth-order valence-corrected chi connectivity index (χ4v) is 0.772. The Morgan fingerprint density at radius 1 is 1.54 bits per heavy atom. The molecule has 0 fully saturated rings. The van der Waals surface area contributed by atoms with Crippen molar-refractivity contribution in [2.75, 3.05) is 13.7 Å². The maximum absolute atomic E-state index is 10.7. The fraction of sp³-hybridized carbons (Fsp3) is 0.889. The molecule has 0 spiro atoms. The Bertz CT molecular complexity index is 163. The van der Waals surface area contributed by atoms with Crippen molar-refractivity contribution in [3.05, 3.63) is 0 Å². The Kier molecular flexibility index (Phi) is 4.95. The quantitative estimate of drug-likeness (QED) is 0.624. The molecule has 2 N–H and O–H groups in total. The molecular weight excluding hydrogens is 170 g/mol. The lowest BCUT2D eigenvalue weighted by atomic mass is 10.1. The summed E-state index contributed by atoms with van der Waals surface area (Å²) in [5.41, 5.74) is -0.0445. The van der Waals surface area contributed by atoms with Gasteiger partial charge in [-0.2, -0.15) is 0 Å². The first-order valence-electron chi connectivity index (χ1n) is 4.35. The summed E-state index contributed by atoms with van der Waals surface area (Å²) < 4.78 is 4.43. The van der Waals surface area contributed by atoms with Crippen molar-refractivity contribution in [3.63, 3.8) is 0 Å². The summed E-state index contributed by atoms with van der Waals surface area (Å²) >= 11 is 0. The van der Waals surface area contributed by atoms with Crippen LogP contribution < -0.4 is 5.32 Å². The van der Waals surface area contributed by atoms with Crippen LogP contribution >= 0.6 is 0 Å². The highest BCUT2D eigenvalue weighted by Crippen LogP contribution is 2.00. The van der Waals surface area contributed by atoms with Crippen LogP contribution in [0.15, 0.2) is 0 Å². The number of rotatable bonds is 4. The smallest absolute Gasteiger partial charge is 0.308 e. The Balaban J connectivity index is 3.63. The number of nitrogens with one attached hydrogen (secondary N) is 1. The zero-order valence-electron chi connectivity index (χ0n) is 8.76. The molecule has 0 heterocycles. The standard InChI is InChI=1S/C9H19NO3/c1-9(2,3)10-6-7(11)5-8(12)13-4/h7,10-11H,5-6H2,1-4H3/t7-/m0/s1. The van der Waals surface area contributed by atoms with Crippen LogP contribution in [-0.4, -0.2) is 36.4 Å². The molecule has 0 bridgehead atoms. The van der Waals surface area contributed by atoms with E-state index in [9.17, 15) is 9.90 Å². The Hall–Kier alpha value is -0.610. The van der Waals surface area contributed by atoms with E-state index in [2.05, 4.69) is 10.1 Å². The van der Waals surface area contributed by atoms with Gasteiger partial charge in [0.15, 0.2) is 0 Å². The van der Waals surface area contributed by atoms with Gasteiger partial charge in [-0.25, -0.2) is 0 Å². The first kappa shape index (κ1) is 12.4. The molecule has 0 rings (SSSR count). The van der Waals surface area contributed by atoms with Gasteiger partial charge in [0.1, 0.15) is 0 Å². The second-order valence-corrected chi connectivity index (χ2v) is 4.06. The van der Waals surface area contributed by atoms with Crippen LogP contribution in [0.4, 0.5) is 0 Å². The topological polar surface area (TPSA) is 58.6 Å². The van der Waals surface area contributed by atoms with Gasteiger partial charge >= 0.3 is 5.97 Å². The van der Waals surface area contributed by atoms with Gasteiger partial charge in [-0.3, -0.25) is 4.79 Å². The number of methoxy groups -OCH3 is 1. The number of carbonyl (C=O) groups is 1. The van der Waals surface area contributed by atoms with Crippen LogP contribution in [-0.2, 0) is 9.53 Å². The van der Waals surface area contributed by atoms with E-state index < -0.39 is 6.10 Å². The van der Waals surface area contributed by atoms with Crippen LogP contribution in [0.25, 0.3) is 0 Å². The lowest BCUT2D eigenvalue weighted by molar-refractivity contribution is -0.142. The third-order valence-corrected chi connectivity index (χ3v) is 1.50. The van der Waals surface area contributed by atoms with Crippen molar-refractivity contribution >= 4 is 5.97 Å². The van der Waals surface area contributed by atoms with Gasteiger partial charge in [0.2, 0.25) is 0 Å². The molecule has 0 saturated carbocycles. The number of hydrogen-bond acceptors (Lipinski definition) is 4. The number of aliphatic hydroxyl groups excluding tert-OH is 1. The maximum atomic E-state index is 10.7. The molecule has 4 nitrogen and oxygen atoms in total. The zero-order valence-corrected chi connectivity index (χ0v) is 8.76. The molecule has 13 heavy (non-hydrogen) atoms. The number of aliphatic hydroxyl groups is 1. The van der Waals surface area contributed by atoms with Crippen molar-refractivity contribution in [1.29, 1.82) is 0 Å². The Morgan fingerprint density at radius 3 is 2.46 bits per heavy atom. The minimum atomic E-state index is -0.674. The average molecular weight is 189 g/mol. The number of hydrogen-bond donors (Lipinski definition) is 2. The van der Waals surface area contributed by atoms with Crippen molar-refractivity contribution in [3.8, 4) is 0 Å². The third kappa shape index (κ3) is 7.74. The van der Waals surface area contributed by atoms with E-state index in [4.69, 9.17) is 0 Å². The highest BCUT2D eigenvalue weighted by molar-refractivity contribution is 5.69. The summed E-state index contributed by atoms with van der Waals surface area (Å²) in [5, 5.41) is 12.4. The highest BCUT2D eigenvalue weighted by atomic mass is 16.5. The van der Waals surface area contributed by atoms with E-state index >= 15 is 0 Å². The predicted octanol–water partition coefficient (Wildman–Crippen LogP) is 0.298. The molecule has 0 unspecified atom stereocenters. The molecule has 0 aromatic carbocycles. The van der Waals surface area contributed by atoms with Crippen molar-refractivity contribution in [1.82, 2.24) is 5.32 Å². The van der Waals surface area contributed by atoms with Crippen molar-refractivity contribution in [2.45, 2.75) is 38.8 Å². The molecule has 0 aromatic rings. The first-order chi connectivity index (χ1) is 5.85. The van der Waals surface area contributed by atoms with Gasteiger partial charge in [0.25, 0.3) is 0 Å². The SMILES string of the molecule is COC(=O)C[C@H](O)CNC(C)(C)C. The number of carbonyl (C=O) groups excluding carboxylic acids is 1. The number of β-amino-alcohol motifs (C(OH)–C–C–N with tert-alkyl or cyclic N) is 1. The van der Waals surface area contributed by atoms with Crippen LogP contribution in [0.1, 0.15) is 27.2 Å². The van der Waals surface area contributed by atoms with Gasteiger partial charge < -0.3 is 15.2 Å². The third-order valence-electron chi connectivity index (χ3n) is 1.50.